The van der Waals surface area contributed by atoms with Gasteiger partial charge in [0.25, 0.3) is 0 Å². The Morgan fingerprint density at radius 3 is 1.13 bits per heavy atom. The third-order valence-corrected chi connectivity index (χ3v) is 8.12. The predicted molar refractivity (Wildman–Crippen MR) is 125 cm³/mol. The Hall–Kier alpha value is -0.270. The van der Waals surface area contributed by atoms with Crippen molar-refractivity contribution < 1.29 is 25.3 Å². The molecule has 0 aromatic heterocycles. The molecule has 0 aliphatic heterocycles. The predicted octanol–water partition coefficient (Wildman–Crippen LogP) is 1.88. The fourth-order valence-corrected chi connectivity index (χ4v) is 5.83. The van der Waals surface area contributed by atoms with Crippen LogP contribution in [0.25, 0.3) is 0 Å². The summed E-state index contributed by atoms with van der Waals surface area (Å²) in [5.41, 5.74) is -0.997. The van der Waals surface area contributed by atoms with Crippen molar-refractivity contribution in [3.05, 3.63) is 0 Å². The fourth-order valence-electron chi connectivity index (χ4n) is 1.94. The van der Waals surface area contributed by atoms with E-state index in [2.05, 4.69) is 9.44 Å². The lowest BCUT2D eigenvalue weighted by Crippen LogP contribution is -2.42. The van der Waals surface area contributed by atoms with Crippen LogP contribution in [0.4, 0.5) is 0 Å². The summed E-state index contributed by atoms with van der Waals surface area (Å²) in [5, 5.41) is -0.110. The number of nitrogens with one attached hydrogen (secondary N) is 2. The topological polar surface area (TPSA) is 130 Å². The van der Waals surface area contributed by atoms with E-state index in [1.807, 2.05) is 41.5 Å². The molecule has 12 heteroatoms. The monoisotopic (exact) mass is 493 g/mol. The molecule has 0 unspecified atom stereocenters. The lowest BCUT2D eigenvalue weighted by Gasteiger charge is -2.29. The first-order chi connectivity index (χ1) is 12.7. The normalized spacial score (nSPS) is 16.3. The first-order valence-electron chi connectivity index (χ1n) is 9.63. The van der Waals surface area contributed by atoms with Crippen LogP contribution in [0.2, 0.25) is 0 Å². The highest BCUT2D eigenvalue weighted by Crippen LogP contribution is 2.28. The van der Waals surface area contributed by atoms with Crippen LogP contribution in [0.3, 0.4) is 0 Å². The summed E-state index contributed by atoms with van der Waals surface area (Å²) in [6, 6.07) is 0. The molecular formula is C18H43N3O6S3. The van der Waals surface area contributed by atoms with Crippen molar-refractivity contribution in [2.75, 3.05) is 19.6 Å². The Morgan fingerprint density at radius 1 is 0.700 bits per heavy atom. The molecule has 9 nitrogen and oxygen atoms in total. The van der Waals surface area contributed by atoms with Crippen molar-refractivity contribution in [2.24, 2.45) is 0 Å². The van der Waals surface area contributed by atoms with Gasteiger partial charge in [0.15, 0.2) is 0 Å². The van der Waals surface area contributed by atoms with E-state index < -0.39 is 30.1 Å². The summed E-state index contributed by atoms with van der Waals surface area (Å²) in [7, 11) is -7.48. The maximum absolute atomic E-state index is 11.3. The van der Waals surface area contributed by atoms with Crippen LogP contribution in [-0.2, 0) is 30.1 Å². The van der Waals surface area contributed by atoms with Gasteiger partial charge in [0, 0.05) is 23.7 Å². The van der Waals surface area contributed by atoms with E-state index in [4.69, 9.17) is 0 Å². The Kier molecular flexibility index (Phi) is 11.2. The molecule has 0 aromatic carbocycles. The molecule has 0 atom stereocenters. The number of rotatable bonds is 4. The zero-order valence-corrected chi connectivity index (χ0v) is 23.1. The van der Waals surface area contributed by atoms with Crippen molar-refractivity contribution in [2.45, 2.75) is 97.0 Å². The fraction of sp³-hybridized carbons (Fsp3) is 1.00. The molecule has 0 radical (unpaired) electrons. The van der Waals surface area contributed by atoms with Crippen LogP contribution >= 0.6 is 0 Å². The average molecular weight is 494 g/mol. The zero-order valence-electron chi connectivity index (χ0n) is 20.6. The number of sulfonamides is 3. The van der Waals surface area contributed by atoms with Crippen molar-refractivity contribution >= 4 is 30.1 Å². The minimum absolute atomic E-state index is 0.110. The smallest absolute Gasteiger partial charge is 0.213 e. The lowest BCUT2D eigenvalue weighted by molar-refractivity contribution is 0.294. The van der Waals surface area contributed by atoms with Crippen LogP contribution in [-0.4, -0.2) is 71.0 Å². The second-order valence-electron chi connectivity index (χ2n) is 10.6. The first-order valence-corrected chi connectivity index (χ1v) is 14.9. The number of hydrogen-bond acceptors (Lipinski definition) is 6. The van der Waals surface area contributed by atoms with Crippen molar-refractivity contribution in [1.82, 2.24) is 13.7 Å². The highest BCUT2D eigenvalue weighted by molar-refractivity contribution is 7.90. The van der Waals surface area contributed by atoms with Gasteiger partial charge in [-0.05, 0) is 75.2 Å². The average Bonchev–Trinajstić information content (AvgIpc) is 3.13. The summed E-state index contributed by atoms with van der Waals surface area (Å²) >= 11 is 0. The van der Waals surface area contributed by atoms with Crippen LogP contribution < -0.4 is 9.44 Å². The number of hydrogen-bond donors (Lipinski definition) is 2. The molecule has 1 fully saturated rings. The van der Waals surface area contributed by atoms with E-state index in [0.29, 0.717) is 0 Å². The minimum atomic E-state index is -3.03. The Morgan fingerprint density at radius 2 is 1.03 bits per heavy atom. The Balaban J connectivity index is 0. The van der Waals surface area contributed by atoms with Crippen molar-refractivity contribution in [1.29, 1.82) is 0 Å². The largest absolute Gasteiger partial charge is 0.214 e. The number of nitrogens with zero attached hydrogens (tertiary/aromatic N) is 1. The zero-order chi connectivity index (χ0) is 25.0. The van der Waals surface area contributed by atoms with E-state index in [1.54, 1.807) is 27.8 Å². The highest BCUT2D eigenvalue weighted by Gasteiger charge is 2.37. The Labute approximate surface area is 185 Å². The summed E-state index contributed by atoms with van der Waals surface area (Å²) < 4.78 is 71.9. The molecule has 0 amide bonds. The molecule has 1 aliphatic carbocycles. The van der Waals surface area contributed by atoms with E-state index in [-0.39, 0.29) is 21.9 Å². The second-order valence-corrected chi connectivity index (χ2v) is 16.3. The third kappa shape index (κ3) is 18.5. The maximum Gasteiger partial charge on any atom is 0.214 e. The summed E-state index contributed by atoms with van der Waals surface area (Å²) in [4.78, 5) is 0. The SMILES string of the molecule is CC(C)(C)NS(=O)(=O)C1CC1.CC(C)(C)NS(C)(=O)=O.CN(C(C)(C)C)S(C)(=O)=O. The molecule has 184 valence electrons. The molecule has 0 aromatic rings. The van der Waals surface area contributed by atoms with Crippen molar-refractivity contribution in [3.63, 3.8) is 0 Å². The lowest BCUT2D eigenvalue weighted by atomic mass is 10.1. The van der Waals surface area contributed by atoms with Crippen LogP contribution in [0, 0.1) is 0 Å². The minimum Gasteiger partial charge on any atom is -0.213 e. The molecule has 2 N–H and O–H groups in total. The van der Waals surface area contributed by atoms with E-state index in [1.165, 1.54) is 10.6 Å². The van der Waals surface area contributed by atoms with Crippen LogP contribution in [0.15, 0.2) is 0 Å². The van der Waals surface area contributed by atoms with E-state index in [9.17, 15) is 25.3 Å². The van der Waals surface area contributed by atoms with Gasteiger partial charge in [-0.15, -0.1) is 0 Å². The van der Waals surface area contributed by atoms with Gasteiger partial charge in [0.2, 0.25) is 30.1 Å². The van der Waals surface area contributed by atoms with Gasteiger partial charge in [-0.25, -0.2) is 34.7 Å². The molecular weight excluding hydrogens is 450 g/mol. The van der Waals surface area contributed by atoms with Crippen LogP contribution in [0.1, 0.15) is 75.2 Å². The first kappa shape index (κ1) is 31.9. The molecule has 1 rings (SSSR count). The van der Waals surface area contributed by atoms with Crippen LogP contribution in [0.5, 0.6) is 0 Å². The molecule has 1 aliphatic rings. The van der Waals surface area contributed by atoms with Gasteiger partial charge in [-0.3, -0.25) is 0 Å². The quantitative estimate of drug-likeness (QED) is 0.615. The standard InChI is InChI=1S/C7H15NO2S.C6H15NO2S.C5H13NO2S/c1-7(2,3)8-11(9,10)6-4-5-6;1-6(2,3)7(4)10(5,8)9;1-5(2,3)6-9(4,7)8/h6,8H,4-5H2,1-3H3;1-5H3;6H,1-4H3. The van der Waals surface area contributed by atoms with E-state index in [0.717, 1.165) is 19.1 Å². The molecule has 0 saturated heterocycles. The summed E-state index contributed by atoms with van der Waals surface area (Å²) in [6.45, 7) is 16.5. The molecule has 0 spiro atoms. The summed E-state index contributed by atoms with van der Waals surface area (Å²) in [5.74, 6) is 0. The van der Waals surface area contributed by atoms with E-state index >= 15 is 0 Å². The third-order valence-electron chi connectivity index (χ3n) is 3.35. The summed E-state index contributed by atoms with van der Waals surface area (Å²) in [6.07, 6.45) is 4.01. The van der Waals surface area contributed by atoms with Gasteiger partial charge in [0.05, 0.1) is 17.8 Å². The maximum atomic E-state index is 11.3. The van der Waals surface area contributed by atoms with Crippen molar-refractivity contribution in [3.8, 4) is 0 Å². The van der Waals surface area contributed by atoms with Gasteiger partial charge in [-0.2, -0.15) is 4.31 Å². The highest BCUT2D eigenvalue weighted by atomic mass is 32.2. The molecule has 30 heavy (non-hydrogen) atoms. The molecule has 0 bridgehead atoms. The molecule has 1 saturated carbocycles. The Bertz CT molecular complexity index is 840. The van der Waals surface area contributed by atoms with Gasteiger partial charge < -0.3 is 0 Å². The van der Waals surface area contributed by atoms with Gasteiger partial charge in [0.1, 0.15) is 0 Å². The molecule has 0 heterocycles. The van der Waals surface area contributed by atoms with Gasteiger partial charge >= 0.3 is 0 Å². The second kappa shape index (κ2) is 10.6. The van der Waals surface area contributed by atoms with Gasteiger partial charge in [-0.1, -0.05) is 0 Å².